The van der Waals surface area contributed by atoms with Crippen LogP contribution in [0.2, 0.25) is 0 Å². The summed E-state index contributed by atoms with van der Waals surface area (Å²) in [6, 6.07) is 27.9. The second-order valence-corrected chi connectivity index (χ2v) is 7.58. The van der Waals surface area contributed by atoms with Gasteiger partial charge in [-0.25, -0.2) is 10.1 Å². The predicted octanol–water partition coefficient (Wildman–Crippen LogP) is 4.69. The molecule has 1 N–H and O–H groups in total. The fourth-order valence-corrected chi connectivity index (χ4v) is 3.47. The lowest BCUT2D eigenvalue weighted by atomic mass is 10.2. The third kappa shape index (κ3) is 4.94. The van der Waals surface area contributed by atoms with Gasteiger partial charge < -0.3 is 9.15 Å². The van der Waals surface area contributed by atoms with Crippen LogP contribution in [0, 0.1) is 11.3 Å². The lowest BCUT2D eigenvalue weighted by Crippen LogP contribution is -2.24. The Balaban J connectivity index is 1.34. The zero-order valence-electron chi connectivity index (χ0n) is 18.5. The molecule has 5 aromatic rings. The van der Waals surface area contributed by atoms with Gasteiger partial charge in [0.2, 0.25) is 0 Å². The van der Waals surface area contributed by atoms with Gasteiger partial charge in [-0.15, -0.1) is 0 Å². The van der Waals surface area contributed by atoms with E-state index in [-0.39, 0.29) is 6.61 Å². The molecular weight excluding hydrogens is 442 g/mol. The molecule has 2 aromatic heterocycles. The van der Waals surface area contributed by atoms with Crippen LogP contribution < -0.4 is 10.2 Å². The standard InChI is InChI=1S/C27H19N5O3/c28-15-19-10-12-23(13-11-19)34-18-26(33)30-29-16-21-17-32(22-7-2-1-3-8-22)31-27(21)25-14-20-6-4-5-9-24(20)35-25/h1-14,16-17H,18H2,(H,30,33)/b29-16+. The molecular formula is C27H19N5O3. The van der Waals surface area contributed by atoms with Crippen molar-refractivity contribution in [3.8, 4) is 29.0 Å². The fraction of sp³-hybridized carbons (Fsp3) is 0.0370. The van der Waals surface area contributed by atoms with Crippen LogP contribution in [0.3, 0.4) is 0 Å². The van der Waals surface area contributed by atoms with Gasteiger partial charge in [0.15, 0.2) is 12.4 Å². The van der Waals surface area contributed by atoms with Gasteiger partial charge in [0.05, 0.1) is 23.5 Å². The van der Waals surface area contributed by atoms with Crippen LogP contribution in [0.4, 0.5) is 0 Å². The maximum atomic E-state index is 12.2. The highest BCUT2D eigenvalue weighted by Gasteiger charge is 2.15. The van der Waals surface area contributed by atoms with E-state index in [1.165, 1.54) is 6.21 Å². The predicted molar refractivity (Wildman–Crippen MR) is 131 cm³/mol. The summed E-state index contributed by atoms with van der Waals surface area (Å²) in [6.45, 7) is -0.219. The molecule has 8 heteroatoms. The number of para-hydroxylation sites is 2. The number of rotatable bonds is 7. The van der Waals surface area contributed by atoms with Gasteiger partial charge in [-0.2, -0.15) is 15.5 Å². The van der Waals surface area contributed by atoms with E-state index in [2.05, 4.69) is 10.5 Å². The first-order valence-corrected chi connectivity index (χ1v) is 10.8. The molecule has 35 heavy (non-hydrogen) atoms. The van der Waals surface area contributed by atoms with Gasteiger partial charge in [-0.3, -0.25) is 4.79 Å². The lowest BCUT2D eigenvalue weighted by Gasteiger charge is -2.04. The van der Waals surface area contributed by atoms with Crippen molar-refractivity contribution in [2.45, 2.75) is 0 Å². The summed E-state index contributed by atoms with van der Waals surface area (Å²) in [6.07, 6.45) is 3.34. The van der Waals surface area contributed by atoms with E-state index in [4.69, 9.17) is 19.5 Å². The number of hydrazone groups is 1. The molecule has 170 valence electrons. The number of hydrogen-bond acceptors (Lipinski definition) is 6. The van der Waals surface area contributed by atoms with E-state index < -0.39 is 5.91 Å². The Morgan fingerprint density at radius 3 is 2.63 bits per heavy atom. The number of nitrogens with zero attached hydrogens (tertiary/aromatic N) is 4. The Labute approximate surface area is 200 Å². The Hall–Kier alpha value is -5.16. The molecule has 0 aliphatic rings. The Morgan fingerprint density at radius 1 is 1.09 bits per heavy atom. The minimum absolute atomic E-state index is 0.219. The first kappa shape index (κ1) is 21.7. The average Bonchev–Trinajstić information content (AvgIpc) is 3.52. The van der Waals surface area contributed by atoms with Crippen LogP contribution in [0.25, 0.3) is 28.1 Å². The van der Waals surface area contributed by atoms with Crippen molar-refractivity contribution in [2.75, 3.05) is 6.61 Å². The zero-order chi connectivity index (χ0) is 24.0. The molecule has 0 radical (unpaired) electrons. The van der Waals surface area contributed by atoms with Crippen molar-refractivity contribution in [2.24, 2.45) is 5.10 Å². The summed E-state index contributed by atoms with van der Waals surface area (Å²) >= 11 is 0. The third-order valence-corrected chi connectivity index (χ3v) is 5.17. The van der Waals surface area contributed by atoms with Crippen LogP contribution in [-0.2, 0) is 4.79 Å². The number of carbonyl (C=O) groups is 1. The van der Waals surface area contributed by atoms with Crippen LogP contribution >= 0.6 is 0 Å². The van der Waals surface area contributed by atoms with Crippen molar-refractivity contribution in [1.82, 2.24) is 15.2 Å². The molecule has 3 aromatic carbocycles. The summed E-state index contributed by atoms with van der Waals surface area (Å²) < 4.78 is 13.2. The smallest absolute Gasteiger partial charge is 0.277 e. The molecule has 1 amide bonds. The number of amides is 1. The van der Waals surface area contributed by atoms with Gasteiger partial charge in [-0.1, -0.05) is 36.4 Å². The molecule has 0 bridgehead atoms. The van der Waals surface area contributed by atoms with E-state index in [0.29, 0.717) is 28.3 Å². The van der Waals surface area contributed by atoms with Crippen molar-refractivity contribution in [1.29, 1.82) is 5.26 Å². The van der Waals surface area contributed by atoms with Gasteiger partial charge in [0.25, 0.3) is 5.91 Å². The molecule has 2 heterocycles. The number of furan rings is 1. The van der Waals surface area contributed by atoms with Crippen molar-refractivity contribution in [3.05, 3.63) is 102 Å². The van der Waals surface area contributed by atoms with E-state index in [1.54, 1.807) is 28.9 Å². The Kier molecular flexibility index (Phi) is 6.05. The average molecular weight is 461 g/mol. The van der Waals surface area contributed by atoms with Gasteiger partial charge in [0, 0.05) is 17.1 Å². The molecule has 0 atom stereocenters. The molecule has 0 saturated heterocycles. The van der Waals surface area contributed by atoms with Crippen LogP contribution in [0.1, 0.15) is 11.1 Å². The maximum Gasteiger partial charge on any atom is 0.277 e. The fourth-order valence-electron chi connectivity index (χ4n) is 3.47. The second kappa shape index (κ2) is 9.77. The maximum absolute atomic E-state index is 12.2. The van der Waals surface area contributed by atoms with Crippen LogP contribution in [0.15, 0.2) is 101 Å². The highest BCUT2D eigenvalue weighted by atomic mass is 16.5. The monoisotopic (exact) mass is 461 g/mol. The highest BCUT2D eigenvalue weighted by Crippen LogP contribution is 2.29. The number of nitrogens with one attached hydrogen (secondary N) is 1. The first-order valence-electron chi connectivity index (χ1n) is 10.8. The SMILES string of the molecule is N#Cc1ccc(OCC(=O)N/N=C/c2cn(-c3ccccc3)nc2-c2cc3ccccc3o2)cc1. The molecule has 0 unspecified atom stereocenters. The minimum atomic E-state index is -0.425. The molecule has 0 saturated carbocycles. The quantitative estimate of drug-likeness (QED) is 0.280. The molecule has 0 aliphatic carbocycles. The summed E-state index contributed by atoms with van der Waals surface area (Å²) in [5, 5.41) is 18.6. The summed E-state index contributed by atoms with van der Waals surface area (Å²) in [5.41, 5.74) is 5.88. The number of benzene rings is 3. The summed E-state index contributed by atoms with van der Waals surface area (Å²) in [5.74, 6) is 0.656. The largest absolute Gasteiger partial charge is 0.484 e. The van der Waals surface area contributed by atoms with E-state index in [0.717, 1.165) is 16.7 Å². The van der Waals surface area contributed by atoms with E-state index in [1.807, 2.05) is 72.9 Å². The third-order valence-electron chi connectivity index (χ3n) is 5.17. The molecule has 0 aliphatic heterocycles. The van der Waals surface area contributed by atoms with E-state index in [9.17, 15) is 4.79 Å². The molecule has 5 rings (SSSR count). The van der Waals surface area contributed by atoms with Crippen LogP contribution in [0.5, 0.6) is 5.75 Å². The van der Waals surface area contributed by atoms with Crippen molar-refractivity contribution in [3.63, 3.8) is 0 Å². The number of ether oxygens (including phenoxy) is 1. The normalized spacial score (nSPS) is 10.9. The number of fused-ring (bicyclic) bond motifs is 1. The second-order valence-electron chi connectivity index (χ2n) is 7.58. The first-order chi connectivity index (χ1) is 17.2. The number of nitriles is 1. The zero-order valence-corrected chi connectivity index (χ0v) is 18.5. The summed E-state index contributed by atoms with van der Waals surface area (Å²) in [7, 11) is 0. The number of aromatic nitrogens is 2. The highest BCUT2D eigenvalue weighted by molar-refractivity contribution is 5.91. The Morgan fingerprint density at radius 2 is 1.86 bits per heavy atom. The van der Waals surface area contributed by atoms with Crippen molar-refractivity contribution >= 4 is 23.1 Å². The molecule has 0 fully saturated rings. The van der Waals surface area contributed by atoms with Gasteiger partial charge >= 0.3 is 0 Å². The lowest BCUT2D eigenvalue weighted by molar-refractivity contribution is -0.123. The van der Waals surface area contributed by atoms with Crippen LogP contribution in [-0.4, -0.2) is 28.5 Å². The number of carbonyl (C=O) groups excluding carboxylic acids is 1. The molecule has 0 spiro atoms. The van der Waals surface area contributed by atoms with E-state index >= 15 is 0 Å². The Bertz CT molecular complexity index is 1510. The summed E-state index contributed by atoms with van der Waals surface area (Å²) in [4.78, 5) is 12.2. The number of hydrogen-bond donors (Lipinski definition) is 1. The van der Waals surface area contributed by atoms with Crippen molar-refractivity contribution < 1.29 is 13.9 Å². The minimum Gasteiger partial charge on any atom is -0.484 e. The van der Waals surface area contributed by atoms with Gasteiger partial charge in [0.1, 0.15) is 17.0 Å². The molecule has 8 nitrogen and oxygen atoms in total. The topological polar surface area (TPSA) is 105 Å². The van der Waals surface area contributed by atoms with Gasteiger partial charge in [-0.05, 0) is 48.5 Å².